The van der Waals surface area contributed by atoms with E-state index in [-0.39, 0.29) is 0 Å². The number of nitrogens with zero attached hydrogens (tertiary/aromatic N) is 2. The molecular weight excluding hydrogens is 332 g/mol. The summed E-state index contributed by atoms with van der Waals surface area (Å²) in [6.07, 6.45) is 22.5. The van der Waals surface area contributed by atoms with E-state index in [1.165, 1.54) is 77.0 Å². The molecule has 0 unspecified atom stereocenters. The molecule has 158 valence electrons. The second kappa shape index (κ2) is 15.1. The molecule has 1 heterocycles. The van der Waals surface area contributed by atoms with E-state index in [2.05, 4.69) is 38.1 Å². The van der Waals surface area contributed by atoms with E-state index < -0.39 is 0 Å². The quantitative estimate of drug-likeness (QED) is 0.196. The van der Waals surface area contributed by atoms with E-state index in [9.17, 15) is 4.79 Å². The summed E-state index contributed by atoms with van der Waals surface area (Å²) in [7, 11) is 4.51. The zero-order valence-corrected chi connectivity index (χ0v) is 18.7. The number of likely N-dealkylation sites (N-methyl/N-ethyl adjacent to an activating group) is 1. The van der Waals surface area contributed by atoms with Gasteiger partial charge in [0.15, 0.2) is 0 Å². The summed E-state index contributed by atoms with van der Waals surface area (Å²) in [6, 6.07) is 0. The minimum Gasteiger partial charge on any atom is -0.331 e. The van der Waals surface area contributed by atoms with Crippen molar-refractivity contribution in [1.29, 1.82) is 0 Å². The number of hydrogen-bond donors (Lipinski definition) is 0. The number of carbonyl (C=O) groups excluding carboxylic acids is 1. The van der Waals surface area contributed by atoms with Gasteiger partial charge in [0.2, 0.25) is 5.91 Å². The molecule has 0 aliphatic carbocycles. The molecule has 0 radical (unpaired) electrons. The molecule has 0 saturated carbocycles. The van der Waals surface area contributed by atoms with Gasteiger partial charge in [-0.1, -0.05) is 70.4 Å². The first-order valence-electron chi connectivity index (χ1n) is 11.8. The molecule has 0 bridgehead atoms. The fourth-order valence-electron chi connectivity index (χ4n) is 3.76. The lowest BCUT2D eigenvalue weighted by Gasteiger charge is -2.39. The maximum Gasteiger partial charge on any atom is 0.222 e. The molecule has 1 rings (SSSR count). The van der Waals surface area contributed by atoms with Gasteiger partial charge >= 0.3 is 0 Å². The molecule has 0 N–H and O–H groups in total. The molecule has 0 aromatic carbocycles. The van der Waals surface area contributed by atoms with Gasteiger partial charge in [0.1, 0.15) is 0 Å². The van der Waals surface area contributed by atoms with Crippen molar-refractivity contribution in [3.63, 3.8) is 0 Å². The van der Waals surface area contributed by atoms with Crippen LogP contribution in [0, 0.1) is 0 Å². The fraction of sp³-hybridized carbons (Fsp3) is 0.875. The number of allylic oxidation sites excluding steroid dienone is 2. The lowest BCUT2D eigenvalue weighted by atomic mass is 10.1. The van der Waals surface area contributed by atoms with Gasteiger partial charge in [0, 0.05) is 6.42 Å². The first-order valence-corrected chi connectivity index (χ1v) is 11.8. The molecule has 0 spiro atoms. The van der Waals surface area contributed by atoms with E-state index in [0.29, 0.717) is 5.91 Å². The summed E-state index contributed by atoms with van der Waals surface area (Å²) >= 11 is 0. The third-order valence-electron chi connectivity index (χ3n) is 5.96. The molecule has 1 fully saturated rings. The van der Waals surface area contributed by atoms with Crippen molar-refractivity contribution in [3.8, 4) is 0 Å². The van der Waals surface area contributed by atoms with Crippen molar-refractivity contribution in [1.82, 2.24) is 4.90 Å². The van der Waals surface area contributed by atoms with Gasteiger partial charge in [-0.15, -0.1) is 0 Å². The number of hydrogen-bond acceptors (Lipinski definition) is 1. The lowest BCUT2D eigenvalue weighted by molar-refractivity contribution is -0.894. The molecule has 0 aromatic heterocycles. The molecule has 3 nitrogen and oxygen atoms in total. The summed E-state index contributed by atoms with van der Waals surface area (Å²) in [5, 5.41) is 0. The van der Waals surface area contributed by atoms with E-state index in [0.717, 1.165) is 43.5 Å². The Morgan fingerprint density at radius 2 is 1.26 bits per heavy atom. The van der Waals surface area contributed by atoms with E-state index in [4.69, 9.17) is 0 Å². The third-order valence-corrected chi connectivity index (χ3v) is 5.96. The number of rotatable bonds is 15. The van der Waals surface area contributed by atoms with Crippen molar-refractivity contribution in [2.45, 2.75) is 96.8 Å². The number of carbonyl (C=O) groups is 1. The standard InChI is InChI=1S/C24H47N2O/c1-4-5-6-7-8-9-10-11-12-13-14-15-16-17-18-19-24(27)25-20-22-26(2,3)23-21-25/h11-12H,4-10,13-23H2,1-3H3/q+1. The second-order valence-electron chi connectivity index (χ2n) is 9.10. The van der Waals surface area contributed by atoms with E-state index >= 15 is 0 Å². The van der Waals surface area contributed by atoms with Crippen LogP contribution in [0.2, 0.25) is 0 Å². The van der Waals surface area contributed by atoms with Gasteiger partial charge in [-0.05, 0) is 32.1 Å². The molecular formula is C24H47N2O+. The van der Waals surface area contributed by atoms with Gasteiger partial charge < -0.3 is 9.38 Å². The van der Waals surface area contributed by atoms with Crippen molar-refractivity contribution in [2.24, 2.45) is 0 Å². The third kappa shape index (κ3) is 13.1. The number of quaternary nitrogens is 1. The molecule has 1 aliphatic rings. The maximum absolute atomic E-state index is 12.3. The van der Waals surface area contributed by atoms with Crippen LogP contribution in [0.4, 0.5) is 0 Å². The number of amides is 1. The average molecular weight is 380 g/mol. The van der Waals surface area contributed by atoms with E-state index in [1.807, 2.05) is 0 Å². The predicted molar refractivity (Wildman–Crippen MR) is 118 cm³/mol. The average Bonchev–Trinajstić information content (AvgIpc) is 2.64. The van der Waals surface area contributed by atoms with Crippen molar-refractivity contribution >= 4 is 5.91 Å². The Labute approximate surface area is 169 Å². The maximum atomic E-state index is 12.3. The molecule has 3 heteroatoms. The minimum atomic E-state index is 0.382. The van der Waals surface area contributed by atoms with Gasteiger partial charge in [-0.25, -0.2) is 0 Å². The molecule has 1 amide bonds. The highest BCUT2D eigenvalue weighted by Crippen LogP contribution is 2.12. The van der Waals surface area contributed by atoms with Crippen LogP contribution in [0.15, 0.2) is 12.2 Å². The smallest absolute Gasteiger partial charge is 0.222 e. The van der Waals surface area contributed by atoms with Gasteiger partial charge in [0.05, 0.1) is 40.3 Å². The van der Waals surface area contributed by atoms with E-state index in [1.54, 1.807) is 0 Å². The van der Waals surface area contributed by atoms with Crippen LogP contribution in [0.5, 0.6) is 0 Å². The summed E-state index contributed by atoms with van der Waals surface area (Å²) < 4.78 is 1.05. The van der Waals surface area contributed by atoms with Gasteiger partial charge in [-0.2, -0.15) is 0 Å². The van der Waals surface area contributed by atoms with Crippen LogP contribution < -0.4 is 0 Å². The highest BCUT2D eigenvalue weighted by atomic mass is 16.2. The Bertz CT molecular complexity index is 393. The number of unbranched alkanes of at least 4 members (excludes halogenated alkanes) is 11. The normalized spacial score (nSPS) is 16.9. The van der Waals surface area contributed by atoms with Crippen LogP contribution in [0.25, 0.3) is 0 Å². The second-order valence-corrected chi connectivity index (χ2v) is 9.10. The van der Waals surface area contributed by atoms with Crippen LogP contribution in [-0.2, 0) is 4.79 Å². The monoisotopic (exact) mass is 379 g/mol. The first-order chi connectivity index (χ1) is 13.0. The summed E-state index contributed by atoms with van der Waals surface area (Å²) in [5.74, 6) is 0.382. The summed E-state index contributed by atoms with van der Waals surface area (Å²) in [4.78, 5) is 14.3. The highest BCUT2D eigenvalue weighted by molar-refractivity contribution is 5.76. The van der Waals surface area contributed by atoms with Crippen molar-refractivity contribution < 1.29 is 9.28 Å². The van der Waals surface area contributed by atoms with Crippen LogP contribution in [0.3, 0.4) is 0 Å². The number of piperazine rings is 1. The first kappa shape index (κ1) is 24.2. The zero-order valence-electron chi connectivity index (χ0n) is 18.7. The lowest BCUT2D eigenvalue weighted by Crippen LogP contribution is -2.56. The molecule has 1 aliphatic heterocycles. The summed E-state index contributed by atoms with van der Waals surface area (Å²) in [6.45, 7) is 6.35. The Kier molecular flexibility index (Phi) is 13.6. The fourth-order valence-corrected chi connectivity index (χ4v) is 3.76. The van der Waals surface area contributed by atoms with Gasteiger partial charge in [-0.3, -0.25) is 4.79 Å². The summed E-state index contributed by atoms with van der Waals surface area (Å²) in [5.41, 5.74) is 0. The van der Waals surface area contributed by atoms with Crippen molar-refractivity contribution in [3.05, 3.63) is 12.2 Å². The largest absolute Gasteiger partial charge is 0.331 e. The zero-order chi connectivity index (χ0) is 19.8. The Balaban J connectivity index is 1.85. The molecule has 0 aromatic rings. The Morgan fingerprint density at radius 3 is 1.81 bits per heavy atom. The minimum absolute atomic E-state index is 0.382. The molecule has 1 saturated heterocycles. The Hall–Kier alpha value is -0.830. The Morgan fingerprint density at radius 1 is 0.778 bits per heavy atom. The SMILES string of the molecule is CCCCCCCCC=CCCCCCCCC(=O)N1CC[N+](C)(C)CC1. The van der Waals surface area contributed by atoms with Gasteiger partial charge in [0.25, 0.3) is 0 Å². The predicted octanol–water partition coefficient (Wildman–Crippen LogP) is 5.94. The highest BCUT2D eigenvalue weighted by Gasteiger charge is 2.26. The molecule has 0 atom stereocenters. The molecule has 27 heavy (non-hydrogen) atoms. The van der Waals surface area contributed by atoms with Crippen LogP contribution >= 0.6 is 0 Å². The van der Waals surface area contributed by atoms with Crippen molar-refractivity contribution in [2.75, 3.05) is 40.3 Å². The topological polar surface area (TPSA) is 20.3 Å². The van der Waals surface area contributed by atoms with Crippen LogP contribution in [-0.4, -0.2) is 55.6 Å². The van der Waals surface area contributed by atoms with Crippen LogP contribution in [0.1, 0.15) is 96.8 Å².